The molecule has 0 heterocycles. The lowest BCUT2D eigenvalue weighted by Gasteiger charge is -2.41. The van der Waals surface area contributed by atoms with Crippen LogP contribution in [0, 0.1) is 5.41 Å². The lowest BCUT2D eigenvalue weighted by atomic mass is 9.69. The van der Waals surface area contributed by atoms with Crippen molar-refractivity contribution in [2.24, 2.45) is 5.41 Å². The van der Waals surface area contributed by atoms with Gasteiger partial charge in [-0.2, -0.15) is 0 Å². The molecule has 0 radical (unpaired) electrons. The molecule has 1 aliphatic carbocycles. The Morgan fingerprint density at radius 1 is 1.43 bits per heavy atom. The second-order valence-corrected chi connectivity index (χ2v) is 5.42. The molecule has 0 aromatic heterocycles. The maximum Gasteiger partial charge on any atom is 0.0704 e. The zero-order valence-electron chi connectivity index (χ0n) is 10.1. The Balaban J connectivity index is 2.85. The van der Waals surface area contributed by atoms with E-state index in [0.29, 0.717) is 0 Å². The van der Waals surface area contributed by atoms with Crippen molar-refractivity contribution >= 4 is 0 Å². The van der Waals surface area contributed by atoms with Crippen LogP contribution in [0.15, 0.2) is 11.6 Å². The highest BCUT2D eigenvalue weighted by Gasteiger charge is 2.42. The summed E-state index contributed by atoms with van der Waals surface area (Å²) >= 11 is 0. The summed E-state index contributed by atoms with van der Waals surface area (Å²) < 4.78 is 0. The van der Waals surface area contributed by atoms with Crippen LogP contribution in [0.1, 0.15) is 59.8 Å². The molecular weight excluding hydrogens is 172 g/mol. The molecule has 1 unspecified atom stereocenters. The van der Waals surface area contributed by atoms with Crippen molar-refractivity contribution < 1.29 is 5.11 Å². The van der Waals surface area contributed by atoms with Gasteiger partial charge in [-0.05, 0) is 38.0 Å². The van der Waals surface area contributed by atoms with Crippen molar-refractivity contribution in [3.63, 3.8) is 0 Å². The van der Waals surface area contributed by atoms with Gasteiger partial charge in [0.1, 0.15) is 0 Å². The Kier molecular flexibility index (Phi) is 3.41. The second kappa shape index (κ2) is 4.06. The molecule has 0 aromatic carbocycles. The number of rotatable bonds is 2. The van der Waals surface area contributed by atoms with E-state index in [1.54, 1.807) is 0 Å². The number of aliphatic hydroxyl groups is 1. The zero-order valence-corrected chi connectivity index (χ0v) is 10.1. The smallest absolute Gasteiger partial charge is 0.0704 e. The van der Waals surface area contributed by atoms with Gasteiger partial charge in [-0.1, -0.05) is 38.8 Å². The van der Waals surface area contributed by atoms with E-state index in [1.807, 2.05) is 0 Å². The molecule has 14 heavy (non-hydrogen) atoms. The van der Waals surface area contributed by atoms with E-state index in [1.165, 1.54) is 5.57 Å². The van der Waals surface area contributed by atoms with Gasteiger partial charge in [-0.25, -0.2) is 0 Å². The molecule has 1 N–H and O–H groups in total. The van der Waals surface area contributed by atoms with Gasteiger partial charge in [-0.15, -0.1) is 0 Å². The number of allylic oxidation sites excluding steroid dienone is 2. The van der Waals surface area contributed by atoms with E-state index in [-0.39, 0.29) is 5.41 Å². The van der Waals surface area contributed by atoms with Crippen LogP contribution in [0.5, 0.6) is 0 Å². The standard InChI is InChI=1S/C13H24O/c1-5-8-13(14)10-7-11(2)6-9-12(13,3)4/h6,14H,5,7-10H2,1-4H3. The van der Waals surface area contributed by atoms with Gasteiger partial charge in [0.05, 0.1) is 5.60 Å². The van der Waals surface area contributed by atoms with Crippen molar-refractivity contribution in [2.75, 3.05) is 0 Å². The molecule has 0 aromatic rings. The molecule has 0 saturated carbocycles. The van der Waals surface area contributed by atoms with Crippen molar-refractivity contribution in [2.45, 2.75) is 65.4 Å². The third kappa shape index (κ3) is 2.20. The predicted molar refractivity (Wildman–Crippen MR) is 61.2 cm³/mol. The summed E-state index contributed by atoms with van der Waals surface area (Å²) in [6.07, 6.45) is 7.29. The first kappa shape index (κ1) is 11.8. The molecule has 0 saturated heterocycles. The van der Waals surface area contributed by atoms with E-state index in [2.05, 4.69) is 33.8 Å². The monoisotopic (exact) mass is 196 g/mol. The molecule has 1 rings (SSSR count). The highest BCUT2D eigenvalue weighted by atomic mass is 16.3. The van der Waals surface area contributed by atoms with Crippen LogP contribution in [-0.2, 0) is 0 Å². The molecule has 0 bridgehead atoms. The summed E-state index contributed by atoms with van der Waals surface area (Å²) in [4.78, 5) is 0. The molecule has 0 aliphatic heterocycles. The van der Waals surface area contributed by atoms with Crippen LogP contribution in [0.25, 0.3) is 0 Å². The topological polar surface area (TPSA) is 20.2 Å². The highest BCUT2D eigenvalue weighted by Crippen LogP contribution is 2.44. The number of hydrogen-bond donors (Lipinski definition) is 1. The predicted octanol–water partition coefficient (Wildman–Crippen LogP) is 3.67. The highest BCUT2D eigenvalue weighted by molar-refractivity contribution is 5.09. The summed E-state index contributed by atoms with van der Waals surface area (Å²) in [5.74, 6) is 0. The first-order valence-corrected chi connectivity index (χ1v) is 5.79. The third-order valence-electron chi connectivity index (χ3n) is 3.82. The van der Waals surface area contributed by atoms with E-state index in [9.17, 15) is 5.11 Å². The molecule has 1 heteroatoms. The van der Waals surface area contributed by atoms with Gasteiger partial charge in [0.15, 0.2) is 0 Å². The lowest BCUT2D eigenvalue weighted by Crippen LogP contribution is -2.43. The van der Waals surface area contributed by atoms with E-state index >= 15 is 0 Å². The number of hydrogen-bond acceptors (Lipinski definition) is 1. The Bertz CT molecular complexity index is 227. The second-order valence-electron chi connectivity index (χ2n) is 5.42. The molecule has 1 atom stereocenters. The van der Waals surface area contributed by atoms with Crippen LogP contribution in [0.4, 0.5) is 0 Å². The maximum absolute atomic E-state index is 10.7. The third-order valence-corrected chi connectivity index (χ3v) is 3.82. The van der Waals surface area contributed by atoms with Crippen LogP contribution in [-0.4, -0.2) is 10.7 Å². The van der Waals surface area contributed by atoms with Crippen LogP contribution in [0.2, 0.25) is 0 Å². The van der Waals surface area contributed by atoms with Crippen molar-refractivity contribution in [1.29, 1.82) is 0 Å². The first-order chi connectivity index (χ1) is 6.41. The largest absolute Gasteiger partial charge is 0.389 e. The molecule has 0 fully saturated rings. The summed E-state index contributed by atoms with van der Waals surface area (Å²) in [5, 5.41) is 10.7. The molecule has 0 spiro atoms. The fraction of sp³-hybridized carbons (Fsp3) is 0.846. The van der Waals surface area contributed by atoms with Gasteiger partial charge in [0.25, 0.3) is 0 Å². The van der Waals surface area contributed by atoms with Gasteiger partial charge < -0.3 is 5.11 Å². The van der Waals surface area contributed by atoms with Gasteiger partial charge in [0, 0.05) is 0 Å². The molecule has 82 valence electrons. The summed E-state index contributed by atoms with van der Waals surface area (Å²) in [6, 6.07) is 0. The lowest BCUT2D eigenvalue weighted by molar-refractivity contribution is -0.0766. The quantitative estimate of drug-likeness (QED) is 0.668. The molecule has 0 amide bonds. The van der Waals surface area contributed by atoms with Crippen molar-refractivity contribution in [1.82, 2.24) is 0 Å². The average molecular weight is 196 g/mol. The average Bonchev–Trinajstić information content (AvgIpc) is 2.19. The normalized spacial score (nSPS) is 32.2. The minimum absolute atomic E-state index is 0.0285. The maximum atomic E-state index is 10.7. The van der Waals surface area contributed by atoms with E-state index in [4.69, 9.17) is 0 Å². The Morgan fingerprint density at radius 2 is 2.07 bits per heavy atom. The Morgan fingerprint density at radius 3 is 2.64 bits per heavy atom. The summed E-state index contributed by atoms with van der Waals surface area (Å²) in [5.41, 5.74) is 1.00. The fourth-order valence-electron chi connectivity index (χ4n) is 2.34. The minimum atomic E-state index is -0.462. The van der Waals surface area contributed by atoms with Crippen LogP contribution < -0.4 is 0 Å². The van der Waals surface area contributed by atoms with E-state index in [0.717, 1.165) is 32.1 Å². The molecule has 1 nitrogen and oxygen atoms in total. The molecular formula is C13H24O. The fourth-order valence-corrected chi connectivity index (χ4v) is 2.34. The molecule has 1 aliphatic rings. The zero-order chi connectivity index (χ0) is 10.8. The SMILES string of the molecule is CCCC1(O)CCC(C)=CCC1(C)C. The van der Waals surface area contributed by atoms with Crippen molar-refractivity contribution in [3.05, 3.63) is 11.6 Å². The Labute approximate surface area is 88.2 Å². The first-order valence-electron chi connectivity index (χ1n) is 5.79. The van der Waals surface area contributed by atoms with Crippen LogP contribution in [0.3, 0.4) is 0 Å². The minimum Gasteiger partial charge on any atom is -0.389 e. The van der Waals surface area contributed by atoms with E-state index < -0.39 is 5.60 Å². The van der Waals surface area contributed by atoms with Gasteiger partial charge in [-0.3, -0.25) is 0 Å². The van der Waals surface area contributed by atoms with Gasteiger partial charge >= 0.3 is 0 Å². The summed E-state index contributed by atoms with van der Waals surface area (Å²) in [7, 11) is 0. The van der Waals surface area contributed by atoms with Crippen LogP contribution >= 0.6 is 0 Å². The summed E-state index contributed by atoms with van der Waals surface area (Å²) in [6.45, 7) is 8.71. The van der Waals surface area contributed by atoms with Crippen molar-refractivity contribution in [3.8, 4) is 0 Å². The Hall–Kier alpha value is -0.300. The van der Waals surface area contributed by atoms with Gasteiger partial charge in [0.2, 0.25) is 0 Å².